The molecular formula is C60H101NO5. The van der Waals surface area contributed by atoms with Gasteiger partial charge >= 0.3 is 5.97 Å². The van der Waals surface area contributed by atoms with Gasteiger partial charge in [-0.25, -0.2) is 0 Å². The smallest absolute Gasteiger partial charge is 0.306 e. The van der Waals surface area contributed by atoms with Crippen LogP contribution in [0.5, 0.6) is 0 Å². The van der Waals surface area contributed by atoms with Crippen molar-refractivity contribution in [2.24, 2.45) is 0 Å². The van der Waals surface area contributed by atoms with Gasteiger partial charge in [-0.05, 0) is 77.0 Å². The van der Waals surface area contributed by atoms with Crippen LogP contribution in [-0.4, -0.2) is 46.9 Å². The molecule has 0 aliphatic heterocycles. The van der Waals surface area contributed by atoms with E-state index in [0.29, 0.717) is 19.3 Å². The van der Waals surface area contributed by atoms with Gasteiger partial charge in [-0.3, -0.25) is 9.59 Å². The summed E-state index contributed by atoms with van der Waals surface area (Å²) in [6, 6.07) is -0.732. The van der Waals surface area contributed by atoms with Gasteiger partial charge in [-0.15, -0.1) is 0 Å². The Morgan fingerprint density at radius 2 is 0.924 bits per heavy atom. The molecule has 0 aliphatic carbocycles. The summed E-state index contributed by atoms with van der Waals surface area (Å²) in [5.41, 5.74) is 0. The normalized spacial score (nSPS) is 14.1. The summed E-state index contributed by atoms with van der Waals surface area (Å²) in [4.78, 5) is 26.2. The van der Waals surface area contributed by atoms with Crippen LogP contribution in [0, 0.1) is 0 Å². The Bertz CT molecular complexity index is 1350. The van der Waals surface area contributed by atoms with Crippen LogP contribution in [0.3, 0.4) is 0 Å². The topological polar surface area (TPSA) is 95.9 Å². The fraction of sp³-hybridized carbons (Fsp3) is 0.667. The largest absolute Gasteiger partial charge is 0.462 e. The molecule has 0 aliphatic rings. The fourth-order valence-corrected chi connectivity index (χ4v) is 7.63. The minimum Gasteiger partial charge on any atom is -0.462 e. The number of carbonyl (C=O) groups excluding carboxylic acids is 2. The summed E-state index contributed by atoms with van der Waals surface area (Å²) in [5, 5.41) is 23.8. The van der Waals surface area contributed by atoms with Gasteiger partial charge in [0.25, 0.3) is 0 Å². The zero-order chi connectivity index (χ0) is 48.1. The van der Waals surface area contributed by atoms with E-state index in [1.165, 1.54) is 83.5 Å². The molecule has 0 spiro atoms. The number of esters is 1. The summed E-state index contributed by atoms with van der Waals surface area (Å²) in [6.07, 6.45) is 71.4. The van der Waals surface area contributed by atoms with E-state index >= 15 is 0 Å². The average molecular weight is 916 g/mol. The maximum Gasteiger partial charge on any atom is 0.306 e. The summed E-state index contributed by atoms with van der Waals surface area (Å²) in [5.74, 6) is -0.564. The van der Waals surface area contributed by atoms with Crippen molar-refractivity contribution in [1.29, 1.82) is 0 Å². The zero-order valence-corrected chi connectivity index (χ0v) is 42.8. The fourth-order valence-electron chi connectivity index (χ4n) is 7.63. The summed E-state index contributed by atoms with van der Waals surface area (Å²) in [6.45, 7) is 6.26. The van der Waals surface area contributed by atoms with E-state index in [1.807, 2.05) is 24.3 Å². The molecule has 0 saturated carbocycles. The number of unbranched alkanes of at least 4 members (excludes halogenated alkanes) is 21. The SMILES string of the molecule is CC/C=C/C/C=C/C/C=C/C/C=C/CCCC(CC(=O)NC(CO)C(O)CCCCCCCCCCCCCCCCC)OC(=O)CCCCCCC/C=C/C=C/C=C/C=C/C=C/CCC. The Labute approximate surface area is 407 Å². The lowest BCUT2D eigenvalue weighted by Crippen LogP contribution is -2.46. The molecule has 3 N–H and O–H groups in total. The summed E-state index contributed by atoms with van der Waals surface area (Å²) >= 11 is 0. The number of nitrogens with one attached hydrogen (secondary N) is 1. The number of carbonyl (C=O) groups is 2. The van der Waals surface area contributed by atoms with Crippen LogP contribution in [0.15, 0.2) is 109 Å². The third-order valence-electron chi connectivity index (χ3n) is 11.7. The van der Waals surface area contributed by atoms with Crippen molar-refractivity contribution in [3.63, 3.8) is 0 Å². The van der Waals surface area contributed by atoms with Crippen molar-refractivity contribution < 1.29 is 24.5 Å². The molecule has 0 fully saturated rings. The van der Waals surface area contributed by atoms with Gasteiger partial charge in [0.2, 0.25) is 5.91 Å². The van der Waals surface area contributed by atoms with Crippen molar-refractivity contribution in [2.75, 3.05) is 6.61 Å². The second-order valence-corrected chi connectivity index (χ2v) is 18.0. The van der Waals surface area contributed by atoms with E-state index in [2.05, 4.69) is 111 Å². The molecule has 0 aromatic rings. The Morgan fingerprint density at radius 1 is 0.470 bits per heavy atom. The molecule has 3 unspecified atom stereocenters. The van der Waals surface area contributed by atoms with Crippen molar-refractivity contribution in [3.05, 3.63) is 109 Å². The van der Waals surface area contributed by atoms with Crippen molar-refractivity contribution in [1.82, 2.24) is 5.32 Å². The quantitative estimate of drug-likeness (QED) is 0.0245. The van der Waals surface area contributed by atoms with Crippen LogP contribution >= 0.6 is 0 Å². The number of hydrogen-bond acceptors (Lipinski definition) is 5. The van der Waals surface area contributed by atoms with E-state index < -0.39 is 18.2 Å². The maximum atomic E-state index is 13.2. The average Bonchev–Trinajstić information content (AvgIpc) is 3.31. The molecule has 0 radical (unpaired) electrons. The second-order valence-electron chi connectivity index (χ2n) is 18.0. The number of hydrogen-bond donors (Lipinski definition) is 3. The Morgan fingerprint density at radius 3 is 1.45 bits per heavy atom. The van der Waals surface area contributed by atoms with Gasteiger partial charge in [0, 0.05) is 6.42 Å². The van der Waals surface area contributed by atoms with Crippen LogP contribution in [0.4, 0.5) is 0 Å². The Balaban J connectivity index is 4.70. The monoisotopic (exact) mass is 916 g/mol. The Hall–Kier alpha value is -3.48. The van der Waals surface area contributed by atoms with E-state index in [9.17, 15) is 19.8 Å². The van der Waals surface area contributed by atoms with Crippen LogP contribution in [0.2, 0.25) is 0 Å². The van der Waals surface area contributed by atoms with Gasteiger partial charge in [-0.1, -0.05) is 252 Å². The van der Waals surface area contributed by atoms with Gasteiger partial charge in [0.05, 0.1) is 25.2 Å². The highest BCUT2D eigenvalue weighted by Gasteiger charge is 2.24. The first-order valence-electron chi connectivity index (χ1n) is 27.2. The third-order valence-corrected chi connectivity index (χ3v) is 11.7. The first-order valence-corrected chi connectivity index (χ1v) is 27.2. The number of amides is 1. The third kappa shape index (κ3) is 47.0. The highest BCUT2D eigenvalue weighted by Crippen LogP contribution is 2.17. The number of allylic oxidation sites excluding steroid dienone is 18. The molecular weight excluding hydrogens is 815 g/mol. The number of rotatable bonds is 47. The predicted octanol–water partition coefficient (Wildman–Crippen LogP) is 16.7. The van der Waals surface area contributed by atoms with E-state index in [4.69, 9.17) is 4.74 Å². The Kier molecular flexibility index (Phi) is 49.7. The molecule has 3 atom stereocenters. The second kappa shape index (κ2) is 52.5. The molecule has 0 aromatic carbocycles. The zero-order valence-electron chi connectivity index (χ0n) is 42.8. The lowest BCUT2D eigenvalue weighted by Gasteiger charge is -2.24. The van der Waals surface area contributed by atoms with Crippen LogP contribution < -0.4 is 5.32 Å². The highest BCUT2D eigenvalue weighted by molar-refractivity contribution is 5.77. The molecule has 0 rings (SSSR count). The molecule has 376 valence electrons. The van der Waals surface area contributed by atoms with E-state index in [0.717, 1.165) is 103 Å². The maximum absolute atomic E-state index is 13.2. The number of ether oxygens (including phenoxy) is 1. The van der Waals surface area contributed by atoms with E-state index in [-0.39, 0.29) is 24.9 Å². The van der Waals surface area contributed by atoms with Gasteiger partial charge in [0.1, 0.15) is 6.10 Å². The van der Waals surface area contributed by atoms with Crippen LogP contribution in [0.1, 0.15) is 233 Å². The lowest BCUT2D eigenvalue weighted by atomic mass is 10.0. The molecule has 0 heterocycles. The molecule has 6 heteroatoms. The minimum atomic E-state index is -0.814. The van der Waals surface area contributed by atoms with E-state index in [1.54, 1.807) is 0 Å². The van der Waals surface area contributed by atoms with Gasteiger partial charge in [-0.2, -0.15) is 0 Å². The standard InChI is InChI=1S/C60H101NO5/c1-4-7-10-13-16-19-22-25-28-29-30-32-35-38-41-44-47-50-53-60(65)66-56(51-48-45-42-39-36-33-27-24-21-18-15-12-9-6-3)54-59(64)61-57(55-62)58(63)52-49-46-43-40-37-34-31-26-23-20-17-14-11-8-5-2/h9-10,12-13,16,18-19,21-22,25,27-30,32-33,39,42,56-58,62-63H,4-8,11,14-15,17,20,23-24,26,31,34-38,40-41,43-55H2,1-3H3,(H,61,64)/b12-9+,13-10+,19-16+,21-18+,25-22+,29-28+,32-30+,33-27+,42-39+. The van der Waals surface area contributed by atoms with Crippen LogP contribution in [0.25, 0.3) is 0 Å². The number of aliphatic hydroxyl groups is 2. The first-order chi connectivity index (χ1) is 32.5. The lowest BCUT2D eigenvalue weighted by molar-refractivity contribution is -0.151. The molecule has 0 aromatic heterocycles. The van der Waals surface area contributed by atoms with Crippen molar-refractivity contribution in [3.8, 4) is 0 Å². The van der Waals surface area contributed by atoms with Gasteiger partial charge < -0.3 is 20.3 Å². The van der Waals surface area contributed by atoms with Crippen LogP contribution in [-0.2, 0) is 14.3 Å². The first kappa shape index (κ1) is 62.5. The summed E-state index contributed by atoms with van der Waals surface area (Å²) < 4.78 is 5.91. The predicted molar refractivity (Wildman–Crippen MR) is 287 cm³/mol. The minimum absolute atomic E-state index is 0.0227. The summed E-state index contributed by atoms with van der Waals surface area (Å²) in [7, 11) is 0. The molecule has 0 saturated heterocycles. The molecule has 66 heavy (non-hydrogen) atoms. The van der Waals surface area contributed by atoms with Crippen molar-refractivity contribution >= 4 is 11.9 Å². The van der Waals surface area contributed by atoms with Crippen molar-refractivity contribution in [2.45, 2.75) is 251 Å². The number of aliphatic hydroxyl groups excluding tert-OH is 2. The molecule has 1 amide bonds. The molecule has 0 bridgehead atoms. The highest BCUT2D eigenvalue weighted by atomic mass is 16.5. The molecule has 6 nitrogen and oxygen atoms in total. The van der Waals surface area contributed by atoms with Gasteiger partial charge in [0.15, 0.2) is 0 Å².